The Labute approximate surface area is 160 Å². The molecule has 128 valence electrons. The number of benzene rings is 3. The van der Waals surface area contributed by atoms with Crippen molar-refractivity contribution in [3.63, 3.8) is 0 Å². The molecular formula is C21H17BrN4. The Balaban J connectivity index is 2.14. The van der Waals surface area contributed by atoms with Crippen molar-refractivity contribution >= 4 is 21.7 Å². The van der Waals surface area contributed by atoms with Crippen LogP contribution in [0.5, 0.6) is 0 Å². The fourth-order valence-electron chi connectivity index (χ4n) is 3.33. The molecule has 0 aliphatic carbocycles. The van der Waals surface area contributed by atoms with E-state index >= 15 is 0 Å². The highest BCUT2D eigenvalue weighted by Crippen LogP contribution is 2.40. The van der Waals surface area contributed by atoms with Gasteiger partial charge in [-0.3, -0.25) is 0 Å². The highest BCUT2D eigenvalue weighted by Gasteiger charge is 2.41. The van der Waals surface area contributed by atoms with E-state index in [9.17, 15) is 0 Å². The lowest BCUT2D eigenvalue weighted by atomic mass is 9.77. The Morgan fingerprint density at radius 2 is 1.04 bits per heavy atom. The monoisotopic (exact) mass is 404 g/mol. The molecular weight excluding hydrogens is 388 g/mol. The Kier molecular flexibility index (Phi) is 4.31. The minimum atomic E-state index is -0.732. The summed E-state index contributed by atoms with van der Waals surface area (Å²) in [5.41, 5.74) is 8.46. The number of hydrogen-bond acceptors (Lipinski definition) is 3. The second-order valence-corrected chi connectivity index (χ2v) is 6.73. The quantitative estimate of drug-likeness (QED) is 0.510. The van der Waals surface area contributed by atoms with Crippen LogP contribution in [0.2, 0.25) is 0 Å². The van der Waals surface area contributed by atoms with Crippen molar-refractivity contribution in [3.05, 3.63) is 112 Å². The molecule has 5 heteroatoms. The van der Waals surface area contributed by atoms with Gasteiger partial charge < -0.3 is 5.73 Å². The predicted octanol–water partition coefficient (Wildman–Crippen LogP) is 4.46. The summed E-state index contributed by atoms with van der Waals surface area (Å²) in [6, 6.07) is 30.7. The summed E-state index contributed by atoms with van der Waals surface area (Å²) in [5.74, 6) is 0.358. The minimum Gasteiger partial charge on any atom is -0.380 e. The summed E-state index contributed by atoms with van der Waals surface area (Å²) < 4.78 is 0.532. The molecule has 4 aromatic rings. The lowest BCUT2D eigenvalue weighted by molar-refractivity contribution is 0.404. The molecule has 0 aliphatic rings. The van der Waals surface area contributed by atoms with E-state index in [2.05, 4.69) is 62.5 Å². The van der Waals surface area contributed by atoms with E-state index in [0.29, 0.717) is 10.4 Å². The molecule has 1 aromatic heterocycles. The number of halogens is 1. The van der Waals surface area contributed by atoms with Crippen LogP contribution in [0.3, 0.4) is 0 Å². The van der Waals surface area contributed by atoms with Gasteiger partial charge in [0, 0.05) is 0 Å². The molecule has 0 saturated heterocycles. The molecule has 4 rings (SSSR count). The first kappa shape index (κ1) is 16.5. The summed E-state index contributed by atoms with van der Waals surface area (Å²) >= 11 is 3.41. The van der Waals surface area contributed by atoms with Gasteiger partial charge in [0.05, 0.1) is 0 Å². The van der Waals surface area contributed by atoms with Crippen LogP contribution in [0.1, 0.15) is 16.7 Å². The number of aromatic nitrogens is 3. The molecule has 3 aromatic carbocycles. The van der Waals surface area contributed by atoms with Crippen LogP contribution in [0.25, 0.3) is 0 Å². The van der Waals surface area contributed by atoms with Crippen molar-refractivity contribution < 1.29 is 0 Å². The fraction of sp³-hybridized carbons (Fsp3) is 0.0476. The minimum absolute atomic E-state index is 0.358. The first-order chi connectivity index (χ1) is 12.7. The smallest absolute Gasteiger partial charge is 0.180 e. The maximum Gasteiger partial charge on any atom is 0.180 e. The van der Waals surface area contributed by atoms with Gasteiger partial charge in [-0.25, -0.2) is 0 Å². The van der Waals surface area contributed by atoms with E-state index in [1.54, 1.807) is 4.80 Å². The molecule has 0 radical (unpaired) electrons. The van der Waals surface area contributed by atoms with Gasteiger partial charge in [-0.05, 0) is 32.6 Å². The summed E-state index contributed by atoms with van der Waals surface area (Å²) in [4.78, 5) is 1.70. The van der Waals surface area contributed by atoms with Gasteiger partial charge in [-0.1, -0.05) is 91.0 Å². The van der Waals surface area contributed by atoms with Crippen LogP contribution >= 0.6 is 15.9 Å². The van der Waals surface area contributed by atoms with E-state index < -0.39 is 5.54 Å². The molecule has 0 unspecified atom stereocenters. The van der Waals surface area contributed by atoms with E-state index in [-0.39, 0.29) is 0 Å². The number of rotatable bonds is 4. The summed E-state index contributed by atoms with van der Waals surface area (Å²) in [5, 5.41) is 9.16. The Hall–Kier alpha value is -2.92. The van der Waals surface area contributed by atoms with Crippen molar-refractivity contribution in [2.75, 3.05) is 5.73 Å². The van der Waals surface area contributed by atoms with Crippen molar-refractivity contribution in [1.29, 1.82) is 0 Å². The van der Waals surface area contributed by atoms with Crippen molar-refractivity contribution in [1.82, 2.24) is 15.0 Å². The van der Waals surface area contributed by atoms with Crippen LogP contribution in [0.15, 0.2) is 95.6 Å². The van der Waals surface area contributed by atoms with Crippen LogP contribution in [-0.2, 0) is 5.54 Å². The van der Waals surface area contributed by atoms with E-state index in [4.69, 9.17) is 5.73 Å². The zero-order valence-corrected chi connectivity index (χ0v) is 15.5. The van der Waals surface area contributed by atoms with Gasteiger partial charge in [0.1, 0.15) is 0 Å². The van der Waals surface area contributed by atoms with Gasteiger partial charge in [-0.15, -0.1) is 10.2 Å². The molecule has 0 fully saturated rings. The average molecular weight is 405 g/mol. The van der Waals surface area contributed by atoms with Crippen molar-refractivity contribution in [2.45, 2.75) is 5.54 Å². The zero-order valence-electron chi connectivity index (χ0n) is 14.0. The van der Waals surface area contributed by atoms with Gasteiger partial charge >= 0.3 is 0 Å². The predicted molar refractivity (Wildman–Crippen MR) is 107 cm³/mol. The first-order valence-corrected chi connectivity index (χ1v) is 9.07. The van der Waals surface area contributed by atoms with E-state index in [1.807, 2.05) is 54.6 Å². The molecule has 1 heterocycles. The normalized spacial score (nSPS) is 11.4. The second-order valence-electron chi connectivity index (χ2n) is 5.97. The molecule has 0 spiro atoms. The van der Waals surface area contributed by atoms with E-state index in [0.717, 1.165) is 16.7 Å². The lowest BCUT2D eigenvalue weighted by Crippen LogP contribution is -2.39. The Bertz CT molecular complexity index is 882. The van der Waals surface area contributed by atoms with Gasteiger partial charge in [-0.2, -0.15) is 4.80 Å². The Morgan fingerprint density at radius 3 is 1.35 bits per heavy atom. The van der Waals surface area contributed by atoms with Crippen LogP contribution in [-0.4, -0.2) is 15.0 Å². The molecule has 0 aliphatic heterocycles. The Morgan fingerprint density at radius 1 is 0.654 bits per heavy atom. The molecule has 0 saturated carbocycles. The molecule has 0 atom stereocenters. The average Bonchev–Trinajstić information content (AvgIpc) is 3.04. The van der Waals surface area contributed by atoms with Gasteiger partial charge in [0.25, 0.3) is 0 Å². The maximum atomic E-state index is 6.03. The first-order valence-electron chi connectivity index (χ1n) is 8.28. The lowest BCUT2D eigenvalue weighted by Gasteiger charge is -2.34. The third-order valence-electron chi connectivity index (χ3n) is 4.47. The number of nitrogens with two attached hydrogens (primary N) is 1. The van der Waals surface area contributed by atoms with Crippen LogP contribution < -0.4 is 5.73 Å². The number of anilines is 1. The SMILES string of the molecule is Nc1nn(C(c2ccccc2)(c2ccccc2)c2ccccc2)nc1Br. The number of hydrogen-bond donors (Lipinski definition) is 1. The van der Waals surface area contributed by atoms with Crippen molar-refractivity contribution in [3.8, 4) is 0 Å². The molecule has 2 N–H and O–H groups in total. The fourth-order valence-corrected chi connectivity index (χ4v) is 3.56. The van der Waals surface area contributed by atoms with Gasteiger partial charge in [0.2, 0.25) is 0 Å². The highest BCUT2D eigenvalue weighted by atomic mass is 79.9. The number of nitrogen functional groups attached to an aromatic ring is 1. The maximum absolute atomic E-state index is 6.03. The second kappa shape index (κ2) is 6.77. The number of nitrogens with zero attached hydrogens (tertiary/aromatic N) is 3. The zero-order chi connectivity index (χ0) is 18.0. The molecule has 4 nitrogen and oxygen atoms in total. The highest BCUT2D eigenvalue weighted by molar-refractivity contribution is 9.10. The van der Waals surface area contributed by atoms with E-state index in [1.165, 1.54) is 0 Å². The summed E-state index contributed by atoms with van der Waals surface area (Å²) in [6.45, 7) is 0. The standard InChI is InChI=1S/C21H17BrN4/c22-19-20(23)25-26(24-19)21(16-10-4-1-5-11-16,17-12-6-2-7-13-17)18-14-8-3-9-15-18/h1-15H,(H2,23,25). The topological polar surface area (TPSA) is 56.7 Å². The largest absolute Gasteiger partial charge is 0.380 e. The molecule has 0 amide bonds. The van der Waals surface area contributed by atoms with Gasteiger partial charge in [0.15, 0.2) is 16.0 Å². The third-order valence-corrected chi connectivity index (χ3v) is 5.04. The molecule has 0 bridgehead atoms. The van der Waals surface area contributed by atoms with Crippen LogP contribution in [0.4, 0.5) is 5.82 Å². The van der Waals surface area contributed by atoms with Crippen LogP contribution in [0, 0.1) is 0 Å². The third kappa shape index (κ3) is 2.61. The molecule has 26 heavy (non-hydrogen) atoms. The summed E-state index contributed by atoms with van der Waals surface area (Å²) in [7, 11) is 0. The summed E-state index contributed by atoms with van der Waals surface area (Å²) in [6.07, 6.45) is 0. The van der Waals surface area contributed by atoms with Crippen molar-refractivity contribution in [2.24, 2.45) is 0 Å².